The first-order valence-corrected chi connectivity index (χ1v) is 9.50. The molecule has 25 heavy (non-hydrogen) atoms. The normalized spacial score (nSPS) is 33.1. The topological polar surface area (TPSA) is 35.5 Å². The van der Waals surface area contributed by atoms with Crippen LogP contribution in [0.15, 0.2) is 24.3 Å². The summed E-state index contributed by atoms with van der Waals surface area (Å²) < 4.78 is 10.6. The fraction of sp³-hybridized carbons (Fsp3) is 0.591. The van der Waals surface area contributed by atoms with Crippen molar-refractivity contribution in [2.45, 2.75) is 45.1 Å². The highest BCUT2D eigenvalue weighted by molar-refractivity contribution is 5.98. The van der Waals surface area contributed by atoms with Crippen LogP contribution in [0, 0.1) is 23.2 Å². The first-order chi connectivity index (χ1) is 12.1. The van der Waals surface area contributed by atoms with E-state index in [1.807, 2.05) is 30.4 Å². The number of carbonyl (C=O) groups is 1. The molecule has 1 aromatic rings. The summed E-state index contributed by atoms with van der Waals surface area (Å²) in [5, 5.41) is 0. The Balaban J connectivity index is 1.52. The molecule has 3 heteroatoms. The molecule has 0 atom stereocenters. The van der Waals surface area contributed by atoms with Gasteiger partial charge in [-0.3, -0.25) is 4.79 Å². The van der Waals surface area contributed by atoms with Gasteiger partial charge in [0, 0.05) is 18.1 Å². The van der Waals surface area contributed by atoms with E-state index < -0.39 is 0 Å². The molecule has 0 aromatic heterocycles. The van der Waals surface area contributed by atoms with Crippen LogP contribution in [-0.4, -0.2) is 20.0 Å². The lowest BCUT2D eigenvalue weighted by Gasteiger charge is -2.55. The van der Waals surface area contributed by atoms with Crippen molar-refractivity contribution < 1.29 is 14.3 Å². The van der Waals surface area contributed by atoms with Crippen molar-refractivity contribution >= 4 is 11.9 Å². The summed E-state index contributed by atoms with van der Waals surface area (Å²) in [5.41, 5.74) is 1.99. The van der Waals surface area contributed by atoms with E-state index >= 15 is 0 Å². The van der Waals surface area contributed by atoms with Crippen LogP contribution in [-0.2, 0) is 16.1 Å². The smallest absolute Gasteiger partial charge is 0.161 e. The summed E-state index contributed by atoms with van der Waals surface area (Å²) in [6.07, 6.45) is 11.3. The summed E-state index contributed by atoms with van der Waals surface area (Å²) in [6.45, 7) is 0.508. The van der Waals surface area contributed by atoms with E-state index in [1.54, 1.807) is 14.2 Å². The number of allylic oxidation sites excluding steroid dienone is 1. The second-order valence-corrected chi connectivity index (χ2v) is 8.40. The van der Waals surface area contributed by atoms with Crippen LogP contribution >= 0.6 is 0 Å². The summed E-state index contributed by atoms with van der Waals surface area (Å²) in [5.74, 6) is 3.59. The van der Waals surface area contributed by atoms with Crippen molar-refractivity contribution in [1.82, 2.24) is 0 Å². The lowest BCUT2D eigenvalue weighted by atomic mass is 9.48. The van der Waals surface area contributed by atoms with Gasteiger partial charge >= 0.3 is 0 Å². The minimum absolute atomic E-state index is 0.0485. The van der Waals surface area contributed by atoms with Crippen LogP contribution < -0.4 is 4.74 Å². The van der Waals surface area contributed by atoms with E-state index in [9.17, 15) is 4.79 Å². The van der Waals surface area contributed by atoms with Gasteiger partial charge in [0.15, 0.2) is 5.78 Å². The van der Waals surface area contributed by atoms with Crippen LogP contribution in [0.2, 0.25) is 0 Å². The first-order valence-electron chi connectivity index (χ1n) is 9.50. The highest BCUT2D eigenvalue weighted by Gasteiger charge is 2.53. The number of hydrogen-bond acceptors (Lipinski definition) is 3. The van der Waals surface area contributed by atoms with Crippen molar-refractivity contribution in [2.75, 3.05) is 14.2 Å². The Morgan fingerprint density at radius 3 is 2.32 bits per heavy atom. The summed E-state index contributed by atoms with van der Waals surface area (Å²) in [4.78, 5) is 13.1. The highest BCUT2D eigenvalue weighted by atomic mass is 16.5. The number of benzene rings is 1. The molecule has 0 heterocycles. The standard InChI is InChI=1S/C22H28O3/c1-24-14-19-10-15(3-5-20(19)25-2)4-6-21(23)22-11-16-7-17(12-22)9-18(8-16)13-22/h3-6,10,16-18H,7-9,11-14H2,1-2H3/b6-4+. The van der Waals surface area contributed by atoms with Gasteiger partial charge in [0.05, 0.1) is 13.7 Å². The maximum atomic E-state index is 13.1. The average molecular weight is 340 g/mol. The third-order valence-electron chi connectivity index (χ3n) is 6.59. The third kappa shape index (κ3) is 3.15. The summed E-state index contributed by atoms with van der Waals surface area (Å²) in [7, 11) is 3.35. The Kier molecular flexibility index (Phi) is 4.45. The van der Waals surface area contributed by atoms with Crippen LogP contribution in [0.4, 0.5) is 0 Å². The van der Waals surface area contributed by atoms with Gasteiger partial charge in [0.2, 0.25) is 0 Å². The van der Waals surface area contributed by atoms with Crippen molar-refractivity contribution in [3.63, 3.8) is 0 Å². The fourth-order valence-corrected chi connectivity index (χ4v) is 5.93. The SMILES string of the molecule is COCc1cc(/C=C/C(=O)C23CC4CC(CC(C4)C2)C3)ccc1OC. The molecule has 4 fully saturated rings. The number of rotatable bonds is 6. The quantitative estimate of drug-likeness (QED) is 0.708. The predicted molar refractivity (Wildman–Crippen MR) is 98.4 cm³/mol. The fourth-order valence-electron chi connectivity index (χ4n) is 5.93. The van der Waals surface area contributed by atoms with Gasteiger partial charge in [-0.05, 0) is 80.1 Å². The molecular formula is C22H28O3. The number of carbonyl (C=O) groups excluding carboxylic acids is 1. The van der Waals surface area contributed by atoms with Crippen LogP contribution in [0.5, 0.6) is 5.75 Å². The lowest BCUT2D eigenvalue weighted by Crippen LogP contribution is -2.49. The molecule has 0 radical (unpaired) electrons. The van der Waals surface area contributed by atoms with Crippen LogP contribution in [0.3, 0.4) is 0 Å². The highest BCUT2D eigenvalue weighted by Crippen LogP contribution is 2.60. The van der Waals surface area contributed by atoms with E-state index in [0.717, 1.165) is 53.9 Å². The Morgan fingerprint density at radius 2 is 1.76 bits per heavy atom. The Labute approximate surface area is 150 Å². The Morgan fingerprint density at radius 1 is 1.12 bits per heavy atom. The molecule has 3 nitrogen and oxygen atoms in total. The molecule has 0 spiro atoms. The molecule has 1 aromatic carbocycles. The van der Waals surface area contributed by atoms with Crippen LogP contribution in [0.1, 0.15) is 49.7 Å². The molecule has 4 aliphatic rings. The van der Waals surface area contributed by atoms with E-state index in [2.05, 4.69) is 0 Å². The molecule has 5 rings (SSSR count). The largest absolute Gasteiger partial charge is 0.496 e. The van der Waals surface area contributed by atoms with Crippen molar-refractivity contribution in [3.8, 4) is 5.75 Å². The maximum absolute atomic E-state index is 13.1. The van der Waals surface area contributed by atoms with E-state index in [1.165, 1.54) is 19.3 Å². The predicted octanol–water partition coefficient (Wildman–Crippen LogP) is 4.64. The zero-order valence-corrected chi connectivity index (χ0v) is 15.3. The molecule has 0 amide bonds. The summed E-state index contributed by atoms with van der Waals surface area (Å²) >= 11 is 0. The molecule has 0 N–H and O–H groups in total. The minimum atomic E-state index is -0.0485. The second-order valence-electron chi connectivity index (χ2n) is 8.40. The third-order valence-corrected chi connectivity index (χ3v) is 6.59. The first kappa shape index (κ1) is 16.8. The van der Waals surface area contributed by atoms with Gasteiger partial charge in [-0.15, -0.1) is 0 Å². The average Bonchev–Trinajstić information content (AvgIpc) is 2.59. The molecule has 0 unspecified atom stereocenters. The zero-order chi connectivity index (χ0) is 17.4. The molecule has 4 saturated carbocycles. The van der Waals surface area contributed by atoms with Gasteiger partial charge in [-0.1, -0.05) is 12.1 Å². The number of ketones is 1. The summed E-state index contributed by atoms with van der Waals surface area (Å²) in [6, 6.07) is 6.00. The number of methoxy groups -OCH3 is 2. The minimum Gasteiger partial charge on any atom is -0.496 e. The monoisotopic (exact) mass is 340 g/mol. The second kappa shape index (κ2) is 6.60. The molecule has 0 saturated heterocycles. The van der Waals surface area contributed by atoms with E-state index in [4.69, 9.17) is 9.47 Å². The number of hydrogen-bond donors (Lipinski definition) is 0. The Bertz CT molecular complexity index is 653. The van der Waals surface area contributed by atoms with Crippen LogP contribution in [0.25, 0.3) is 6.08 Å². The maximum Gasteiger partial charge on any atom is 0.161 e. The van der Waals surface area contributed by atoms with Gasteiger partial charge in [-0.25, -0.2) is 0 Å². The lowest BCUT2D eigenvalue weighted by molar-refractivity contribution is -0.138. The van der Waals surface area contributed by atoms with Gasteiger partial charge in [0.1, 0.15) is 5.75 Å². The molecular weight excluding hydrogens is 312 g/mol. The van der Waals surface area contributed by atoms with Crippen molar-refractivity contribution in [2.24, 2.45) is 23.2 Å². The zero-order valence-electron chi connectivity index (χ0n) is 15.3. The van der Waals surface area contributed by atoms with E-state index in [-0.39, 0.29) is 5.41 Å². The van der Waals surface area contributed by atoms with E-state index in [0.29, 0.717) is 12.4 Å². The Hall–Kier alpha value is -1.61. The van der Waals surface area contributed by atoms with Gasteiger partial charge < -0.3 is 9.47 Å². The van der Waals surface area contributed by atoms with Crippen molar-refractivity contribution in [1.29, 1.82) is 0 Å². The molecule has 134 valence electrons. The number of ether oxygens (including phenoxy) is 2. The van der Waals surface area contributed by atoms with Gasteiger partial charge in [0.25, 0.3) is 0 Å². The van der Waals surface area contributed by atoms with Gasteiger partial charge in [-0.2, -0.15) is 0 Å². The molecule has 0 aliphatic heterocycles. The van der Waals surface area contributed by atoms with Crippen molar-refractivity contribution in [3.05, 3.63) is 35.4 Å². The molecule has 4 aliphatic carbocycles. The molecule has 4 bridgehead atoms.